The largest absolute Gasteiger partial charge is 0.463 e. The highest BCUT2D eigenvalue weighted by atomic mass is 16.5. The van der Waals surface area contributed by atoms with Gasteiger partial charge in [-0.25, -0.2) is 4.79 Å². The Morgan fingerprint density at radius 1 is 0.962 bits per heavy atom. The second-order valence-electron chi connectivity index (χ2n) is 6.72. The Morgan fingerprint density at radius 2 is 1.54 bits per heavy atom. The molecule has 0 heterocycles. The fraction of sp³-hybridized carbons (Fsp3) is 0.619. The van der Waals surface area contributed by atoms with Crippen molar-refractivity contribution in [1.29, 1.82) is 0 Å². The van der Waals surface area contributed by atoms with Gasteiger partial charge in [-0.3, -0.25) is 4.79 Å². The first-order valence-electron chi connectivity index (χ1n) is 9.08. The standard InChI is InChI=1S/C21H34O5/c1-16(2)8-6-9-17(3)10-7-11-18(4)12-13-26-19(15-22)14-20(23)21(24)25-5/h8,10,12,19,22H,6-7,9,11,13-15H2,1-5H3/b17-10+,18-12+/t19-/m1/s1. The van der Waals surface area contributed by atoms with Gasteiger partial charge < -0.3 is 14.6 Å². The Labute approximate surface area is 157 Å². The number of hydrogen-bond donors (Lipinski definition) is 1. The van der Waals surface area contributed by atoms with Gasteiger partial charge in [0, 0.05) is 6.42 Å². The summed E-state index contributed by atoms with van der Waals surface area (Å²) in [6.07, 6.45) is 9.68. The van der Waals surface area contributed by atoms with E-state index in [9.17, 15) is 14.7 Å². The number of aliphatic hydroxyl groups is 1. The van der Waals surface area contributed by atoms with E-state index in [1.165, 1.54) is 16.7 Å². The lowest BCUT2D eigenvalue weighted by Gasteiger charge is -2.13. The van der Waals surface area contributed by atoms with E-state index in [1.54, 1.807) is 0 Å². The minimum atomic E-state index is -0.912. The zero-order valence-corrected chi connectivity index (χ0v) is 16.8. The van der Waals surface area contributed by atoms with E-state index in [-0.39, 0.29) is 13.0 Å². The highest BCUT2D eigenvalue weighted by Crippen LogP contribution is 2.11. The van der Waals surface area contributed by atoms with Crippen molar-refractivity contribution < 1.29 is 24.2 Å². The third-order valence-electron chi connectivity index (χ3n) is 3.92. The van der Waals surface area contributed by atoms with Gasteiger partial charge in [-0.1, -0.05) is 34.9 Å². The lowest BCUT2D eigenvalue weighted by molar-refractivity contribution is -0.153. The molecular weight excluding hydrogens is 332 g/mol. The number of carbonyl (C=O) groups is 2. The molecule has 5 nitrogen and oxygen atoms in total. The summed E-state index contributed by atoms with van der Waals surface area (Å²) in [5.74, 6) is -1.61. The average molecular weight is 366 g/mol. The van der Waals surface area contributed by atoms with Gasteiger partial charge in [0.2, 0.25) is 5.78 Å². The monoisotopic (exact) mass is 366 g/mol. The van der Waals surface area contributed by atoms with Crippen LogP contribution >= 0.6 is 0 Å². The molecule has 0 aromatic carbocycles. The molecule has 0 aliphatic carbocycles. The van der Waals surface area contributed by atoms with Crippen molar-refractivity contribution in [3.63, 3.8) is 0 Å². The lowest BCUT2D eigenvalue weighted by Crippen LogP contribution is -2.26. The van der Waals surface area contributed by atoms with Crippen molar-refractivity contribution in [3.8, 4) is 0 Å². The first-order chi connectivity index (χ1) is 12.3. The smallest absolute Gasteiger partial charge is 0.374 e. The molecular formula is C21H34O5. The molecule has 0 aromatic rings. The van der Waals surface area contributed by atoms with E-state index in [0.717, 1.165) is 32.8 Å². The van der Waals surface area contributed by atoms with Gasteiger partial charge in [-0.15, -0.1) is 0 Å². The second-order valence-corrected chi connectivity index (χ2v) is 6.72. The Morgan fingerprint density at radius 3 is 2.08 bits per heavy atom. The van der Waals surface area contributed by atoms with Crippen LogP contribution in [-0.4, -0.2) is 43.3 Å². The fourth-order valence-electron chi connectivity index (χ4n) is 2.25. The number of methoxy groups -OCH3 is 1. The molecule has 0 radical (unpaired) electrons. The van der Waals surface area contributed by atoms with E-state index in [4.69, 9.17) is 4.74 Å². The molecule has 0 aliphatic heterocycles. The molecule has 5 heteroatoms. The molecule has 0 spiro atoms. The van der Waals surface area contributed by atoms with Crippen molar-refractivity contribution in [1.82, 2.24) is 0 Å². The molecule has 0 saturated carbocycles. The van der Waals surface area contributed by atoms with E-state index in [0.29, 0.717) is 6.61 Å². The number of allylic oxidation sites excluding steroid dienone is 5. The van der Waals surface area contributed by atoms with Crippen molar-refractivity contribution in [2.24, 2.45) is 0 Å². The minimum absolute atomic E-state index is 0.177. The zero-order valence-electron chi connectivity index (χ0n) is 16.8. The van der Waals surface area contributed by atoms with Gasteiger partial charge >= 0.3 is 5.97 Å². The summed E-state index contributed by atoms with van der Waals surface area (Å²) < 4.78 is 9.81. The van der Waals surface area contributed by atoms with E-state index < -0.39 is 17.9 Å². The summed E-state index contributed by atoms with van der Waals surface area (Å²) >= 11 is 0. The van der Waals surface area contributed by atoms with Crippen LogP contribution in [0.15, 0.2) is 34.9 Å². The summed E-state index contributed by atoms with van der Waals surface area (Å²) in [6.45, 7) is 8.40. The molecule has 0 unspecified atom stereocenters. The maximum absolute atomic E-state index is 11.5. The summed E-state index contributed by atoms with van der Waals surface area (Å²) in [5, 5.41) is 9.24. The maximum Gasteiger partial charge on any atom is 0.374 e. The zero-order chi connectivity index (χ0) is 19.9. The van der Waals surface area contributed by atoms with E-state index >= 15 is 0 Å². The van der Waals surface area contributed by atoms with Gasteiger partial charge in [0.05, 0.1) is 26.4 Å². The number of ether oxygens (including phenoxy) is 2. The van der Waals surface area contributed by atoms with Crippen LogP contribution in [0.4, 0.5) is 0 Å². The molecule has 0 aliphatic rings. The van der Waals surface area contributed by atoms with Crippen LogP contribution in [0.25, 0.3) is 0 Å². The van der Waals surface area contributed by atoms with Crippen LogP contribution < -0.4 is 0 Å². The van der Waals surface area contributed by atoms with Crippen molar-refractivity contribution >= 4 is 11.8 Å². The number of ketones is 1. The molecule has 0 aromatic heterocycles. The van der Waals surface area contributed by atoms with Crippen LogP contribution in [0.2, 0.25) is 0 Å². The Bertz CT molecular complexity index is 525. The molecule has 0 fully saturated rings. The Hall–Kier alpha value is -1.72. The van der Waals surface area contributed by atoms with Gasteiger partial charge in [0.15, 0.2) is 0 Å². The summed E-state index contributed by atoms with van der Waals surface area (Å²) in [7, 11) is 1.15. The third-order valence-corrected chi connectivity index (χ3v) is 3.92. The normalized spacial score (nSPS) is 13.3. The Kier molecular flexibility index (Phi) is 13.5. The topological polar surface area (TPSA) is 72.8 Å². The first-order valence-corrected chi connectivity index (χ1v) is 9.08. The van der Waals surface area contributed by atoms with E-state index in [1.807, 2.05) is 13.0 Å². The van der Waals surface area contributed by atoms with Gasteiger partial charge in [0.25, 0.3) is 0 Å². The summed E-state index contributed by atoms with van der Waals surface area (Å²) in [4.78, 5) is 22.6. The van der Waals surface area contributed by atoms with Crippen LogP contribution in [0.3, 0.4) is 0 Å². The second kappa shape index (κ2) is 14.4. The van der Waals surface area contributed by atoms with Gasteiger partial charge in [-0.05, 0) is 53.4 Å². The first kappa shape index (κ1) is 24.3. The molecule has 26 heavy (non-hydrogen) atoms. The fourth-order valence-corrected chi connectivity index (χ4v) is 2.25. The molecule has 1 atom stereocenters. The molecule has 0 amide bonds. The third kappa shape index (κ3) is 12.6. The van der Waals surface area contributed by atoms with Crippen LogP contribution in [0, 0.1) is 0 Å². The quantitative estimate of drug-likeness (QED) is 0.304. The lowest BCUT2D eigenvalue weighted by atomic mass is 10.1. The van der Waals surface area contributed by atoms with Gasteiger partial charge in [0.1, 0.15) is 0 Å². The number of hydrogen-bond acceptors (Lipinski definition) is 5. The van der Waals surface area contributed by atoms with E-state index in [2.05, 4.69) is 37.7 Å². The number of esters is 1. The predicted octanol–water partition coefficient (Wildman–Crippen LogP) is 3.92. The average Bonchev–Trinajstić information content (AvgIpc) is 2.59. The summed E-state index contributed by atoms with van der Waals surface area (Å²) in [6, 6.07) is 0. The number of aliphatic hydroxyl groups excluding tert-OH is 1. The molecule has 0 bridgehead atoms. The molecule has 0 saturated heterocycles. The van der Waals surface area contributed by atoms with Crippen LogP contribution in [-0.2, 0) is 19.1 Å². The highest BCUT2D eigenvalue weighted by molar-refractivity contribution is 6.33. The number of carbonyl (C=O) groups excluding carboxylic acids is 2. The van der Waals surface area contributed by atoms with Crippen LogP contribution in [0.5, 0.6) is 0 Å². The SMILES string of the molecule is COC(=O)C(=O)C[C@H](CO)OC/C=C(\C)CC/C=C(\C)CCC=C(C)C. The number of Topliss-reactive ketones (excluding diaryl/α,β-unsaturated/α-hetero) is 1. The number of rotatable bonds is 13. The minimum Gasteiger partial charge on any atom is -0.463 e. The molecule has 148 valence electrons. The van der Waals surface area contributed by atoms with Crippen molar-refractivity contribution in [2.75, 3.05) is 20.3 Å². The summed E-state index contributed by atoms with van der Waals surface area (Å²) in [5.41, 5.74) is 3.94. The van der Waals surface area contributed by atoms with Gasteiger partial charge in [-0.2, -0.15) is 0 Å². The van der Waals surface area contributed by atoms with Crippen molar-refractivity contribution in [3.05, 3.63) is 34.9 Å². The predicted molar refractivity (Wildman–Crippen MR) is 104 cm³/mol. The van der Waals surface area contributed by atoms with Crippen LogP contribution in [0.1, 0.15) is 59.8 Å². The Balaban J connectivity index is 4.17. The highest BCUT2D eigenvalue weighted by Gasteiger charge is 2.20. The molecule has 0 rings (SSSR count). The van der Waals surface area contributed by atoms with Crippen molar-refractivity contribution in [2.45, 2.75) is 65.9 Å². The maximum atomic E-state index is 11.5. The molecule has 1 N–H and O–H groups in total.